The van der Waals surface area contributed by atoms with E-state index in [1.165, 1.54) is 0 Å². The molecule has 1 amide bonds. The molecule has 1 heterocycles. The van der Waals surface area contributed by atoms with Gasteiger partial charge in [-0.1, -0.05) is 0 Å². The van der Waals surface area contributed by atoms with Crippen molar-refractivity contribution < 1.29 is 4.79 Å². The molecule has 0 bridgehead atoms. The Kier molecular flexibility index (Phi) is 2.55. The van der Waals surface area contributed by atoms with Gasteiger partial charge in [0.15, 0.2) is 0 Å². The minimum Gasteiger partial charge on any atom is -0.362 e. The lowest BCUT2D eigenvalue weighted by Gasteiger charge is -2.00. The molecule has 1 fully saturated rings. The largest absolute Gasteiger partial charge is 0.362 e. The lowest BCUT2D eigenvalue weighted by atomic mass is 10.2. The summed E-state index contributed by atoms with van der Waals surface area (Å²) in [4.78, 5) is 14.5. The standard InChI is InChI=1S/C11H11N3O/c12-7-8(6-10-2-1-5-13-10)11(15)14-9-3-4-9/h1-2,5-6,9,13H,3-4H2,(H,14,15)/b8-6-. The van der Waals surface area contributed by atoms with Crippen LogP contribution in [0.5, 0.6) is 0 Å². The fraction of sp³-hybridized carbons (Fsp3) is 0.273. The van der Waals surface area contributed by atoms with Crippen molar-refractivity contribution in [3.63, 3.8) is 0 Å². The Balaban J connectivity index is 2.09. The number of aromatic nitrogens is 1. The molecule has 1 saturated carbocycles. The van der Waals surface area contributed by atoms with Crippen LogP contribution in [-0.2, 0) is 4.79 Å². The Morgan fingerprint density at radius 3 is 3.00 bits per heavy atom. The summed E-state index contributed by atoms with van der Waals surface area (Å²) in [6.45, 7) is 0. The molecule has 2 N–H and O–H groups in total. The third kappa shape index (κ3) is 2.47. The van der Waals surface area contributed by atoms with Crippen LogP contribution in [0.4, 0.5) is 0 Å². The molecule has 1 aromatic rings. The van der Waals surface area contributed by atoms with Crippen LogP contribution in [0.15, 0.2) is 23.9 Å². The highest BCUT2D eigenvalue weighted by molar-refractivity contribution is 6.01. The average Bonchev–Trinajstić information content (AvgIpc) is 2.89. The van der Waals surface area contributed by atoms with Crippen molar-refractivity contribution in [2.75, 3.05) is 0 Å². The van der Waals surface area contributed by atoms with E-state index in [1.54, 1.807) is 12.3 Å². The van der Waals surface area contributed by atoms with Gasteiger partial charge in [-0.2, -0.15) is 5.26 Å². The summed E-state index contributed by atoms with van der Waals surface area (Å²) in [5.41, 5.74) is 0.904. The number of nitriles is 1. The number of aromatic amines is 1. The second-order valence-electron chi connectivity index (χ2n) is 3.54. The summed E-state index contributed by atoms with van der Waals surface area (Å²) in [5.74, 6) is -0.283. The van der Waals surface area contributed by atoms with Crippen LogP contribution in [0, 0.1) is 11.3 Å². The Morgan fingerprint density at radius 2 is 2.47 bits per heavy atom. The van der Waals surface area contributed by atoms with Crippen LogP contribution in [-0.4, -0.2) is 16.9 Å². The minimum absolute atomic E-state index is 0.143. The lowest BCUT2D eigenvalue weighted by molar-refractivity contribution is -0.117. The van der Waals surface area contributed by atoms with Crippen molar-refractivity contribution in [1.82, 2.24) is 10.3 Å². The number of nitrogens with one attached hydrogen (secondary N) is 2. The maximum Gasteiger partial charge on any atom is 0.262 e. The Labute approximate surface area is 87.6 Å². The maximum absolute atomic E-state index is 11.5. The minimum atomic E-state index is -0.283. The summed E-state index contributed by atoms with van der Waals surface area (Å²) in [6.07, 6.45) is 5.34. The SMILES string of the molecule is N#C/C(=C/c1ccc[nH]1)C(=O)NC1CC1. The monoisotopic (exact) mass is 201 g/mol. The molecule has 0 spiro atoms. The van der Waals surface area contributed by atoms with Gasteiger partial charge in [0.05, 0.1) is 0 Å². The van der Waals surface area contributed by atoms with Gasteiger partial charge in [-0.05, 0) is 31.1 Å². The van der Waals surface area contributed by atoms with Gasteiger partial charge in [0.25, 0.3) is 5.91 Å². The second-order valence-corrected chi connectivity index (χ2v) is 3.54. The van der Waals surface area contributed by atoms with E-state index in [9.17, 15) is 4.79 Å². The van der Waals surface area contributed by atoms with Gasteiger partial charge < -0.3 is 10.3 Å². The first-order valence-corrected chi connectivity index (χ1v) is 4.85. The van der Waals surface area contributed by atoms with Gasteiger partial charge in [0, 0.05) is 17.9 Å². The summed E-state index contributed by atoms with van der Waals surface area (Å²) in [5, 5.41) is 11.6. The molecule has 4 heteroatoms. The molecular formula is C11H11N3O. The predicted molar refractivity (Wildman–Crippen MR) is 55.5 cm³/mol. The summed E-state index contributed by atoms with van der Waals surface area (Å²) in [6, 6.07) is 5.80. The topological polar surface area (TPSA) is 68.7 Å². The van der Waals surface area contributed by atoms with E-state index < -0.39 is 0 Å². The molecule has 15 heavy (non-hydrogen) atoms. The van der Waals surface area contributed by atoms with E-state index in [-0.39, 0.29) is 17.5 Å². The van der Waals surface area contributed by atoms with Gasteiger partial charge >= 0.3 is 0 Å². The summed E-state index contributed by atoms with van der Waals surface area (Å²) < 4.78 is 0. The smallest absolute Gasteiger partial charge is 0.262 e. The van der Waals surface area contributed by atoms with E-state index in [0.717, 1.165) is 18.5 Å². The van der Waals surface area contributed by atoms with E-state index in [1.807, 2.05) is 18.2 Å². The third-order valence-corrected chi connectivity index (χ3v) is 2.20. The lowest BCUT2D eigenvalue weighted by Crippen LogP contribution is -2.26. The van der Waals surface area contributed by atoms with Crippen LogP contribution in [0.3, 0.4) is 0 Å². The normalized spacial score (nSPS) is 15.8. The highest BCUT2D eigenvalue weighted by Gasteiger charge is 2.24. The van der Waals surface area contributed by atoms with E-state index in [0.29, 0.717) is 0 Å². The highest BCUT2D eigenvalue weighted by atomic mass is 16.1. The maximum atomic E-state index is 11.5. The molecule has 0 aromatic carbocycles. The van der Waals surface area contributed by atoms with Crippen molar-refractivity contribution in [2.45, 2.75) is 18.9 Å². The Morgan fingerprint density at radius 1 is 1.67 bits per heavy atom. The fourth-order valence-corrected chi connectivity index (χ4v) is 1.23. The quantitative estimate of drug-likeness (QED) is 0.570. The number of H-pyrrole nitrogens is 1. The van der Waals surface area contributed by atoms with Crippen LogP contribution in [0.1, 0.15) is 18.5 Å². The molecule has 0 atom stereocenters. The molecule has 0 radical (unpaired) electrons. The van der Waals surface area contributed by atoms with Crippen molar-refractivity contribution >= 4 is 12.0 Å². The highest BCUT2D eigenvalue weighted by Crippen LogP contribution is 2.19. The molecular weight excluding hydrogens is 190 g/mol. The Hall–Kier alpha value is -2.02. The Bertz CT molecular complexity index is 421. The van der Waals surface area contributed by atoms with Crippen molar-refractivity contribution in [2.24, 2.45) is 0 Å². The van der Waals surface area contributed by atoms with Crippen molar-refractivity contribution in [3.8, 4) is 6.07 Å². The number of hydrogen-bond acceptors (Lipinski definition) is 2. The first-order chi connectivity index (χ1) is 7.29. The fourth-order valence-electron chi connectivity index (χ4n) is 1.23. The van der Waals surface area contributed by atoms with Gasteiger partial charge in [-0.25, -0.2) is 0 Å². The number of nitrogens with zero attached hydrogens (tertiary/aromatic N) is 1. The molecule has 4 nitrogen and oxygen atoms in total. The zero-order valence-corrected chi connectivity index (χ0v) is 8.16. The molecule has 1 aliphatic rings. The predicted octanol–water partition coefficient (Wildman–Crippen LogP) is 1.20. The second kappa shape index (κ2) is 4.01. The molecule has 0 aliphatic heterocycles. The van der Waals surface area contributed by atoms with E-state index in [4.69, 9.17) is 5.26 Å². The summed E-state index contributed by atoms with van der Waals surface area (Å²) in [7, 11) is 0. The van der Waals surface area contributed by atoms with Gasteiger partial charge in [0.1, 0.15) is 11.6 Å². The molecule has 0 unspecified atom stereocenters. The van der Waals surface area contributed by atoms with Gasteiger partial charge in [0.2, 0.25) is 0 Å². The van der Waals surface area contributed by atoms with Crippen molar-refractivity contribution in [3.05, 3.63) is 29.6 Å². The van der Waals surface area contributed by atoms with Crippen LogP contribution >= 0.6 is 0 Å². The average molecular weight is 201 g/mol. The molecule has 1 aromatic heterocycles. The van der Waals surface area contributed by atoms with Crippen LogP contribution in [0.25, 0.3) is 6.08 Å². The number of carbonyl (C=O) groups is 1. The zero-order chi connectivity index (χ0) is 10.7. The first kappa shape index (κ1) is 9.53. The number of amides is 1. The molecule has 1 aliphatic carbocycles. The van der Waals surface area contributed by atoms with Gasteiger partial charge in [-0.3, -0.25) is 4.79 Å². The number of carbonyl (C=O) groups excluding carboxylic acids is 1. The molecule has 76 valence electrons. The van der Waals surface area contributed by atoms with Crippen molar-refractivity contribution in [1.29, 1.82) is 5.26 Å². The van der Waals surface area contributed by atoms with Crippen LogP contribution < -0.4 is 5.32 Å². The first-order valence-electron chi connectivity index (χ1n) is 4.85. The van der Waals surface area contributed by atoms with Gasteiger partial charge in [-0.15, -0.1) is 0 Å². The summed E-state index contributed by atoms with van der Waals surface area (Å²) >= 11 is 0. The third-order valence-electron chi connectivity index (χ3n) is 2.20. The van der Waals surface area contributed by atoms with Crippen LogP contribution in [0.2, 0.25) is 0 Å². The number of rotatable bonds is 3. The molecule has 2 rings (SSSR count). The molecule has 0 saturated heterocycles. The van der Waals surface area contributed by atoms with E-state index >= 15 is 0 Å². The number of hydrogen-bond donors (Lipinski definition) is 2. The van der Waals surface area contributed by atoms with E-state index in [2.05, 4.69) is 10.3 Å². The zero-order valence-electron chi connectivity index (χ0n) is 8.16.